The van der Waals surface area contributed by atoms with Crippen LogP contribution in [-0.2, 0) is 0 Å². The van der Waals surface area contributed by atoms with Crippen LogP contribution in [0.15, 0.2) is 36.5 Å². The Morgan fingerprint density at radius 1 is 1.21 bits per heavy atom. The number of anilines is 1. The quantitative estimate of drug-likeness (QED) is 0.761. The molecule has 1 heterocycles. The average Bonchev–Trinajstić information content (AvgIpc) is 2.55. The molecule has 0 saturated carbocycles. The second-order valence-electron chi connectivity index (χ2n) is 6.06. The van der Waals surface area contributed by atoms with Crippen molar-refractivity contribution >= 4 is 11.7 Å². The first kappa shape index (κ1) is 17.9. The standard InChI is InChI=1S/C18H24N4O2/c1-12(2)16(9-11-23)22-18(24)21-15-6-4-14(5-7-15)17-19-10-8-13(3)20-17/h4-8,10,12,16,23H,9,11H2,1-3H3,(H2,21,22,24)/t16-/m1/s1. The number of hydrogen-bond acceptors (Lipinski definition) is 4. The minimum absolute atomic E-state index is 0.0499. The SMILES string of the molecule is Cc1ccnc(-c2ccc(NC(=O)N[C@H](CCO)C(C)C)cc2)n1. The van der Waals surface area contributed by atoms with E-state index in [1.807, 2.05) is 51.1 Å². The van der Waals surface area contributed by atoms with Gasteiger partial charge in [-0.1, -0.05) is 13.8 Å². The molecule has 1 atom stereocenters. The van der Waals surface area contributed by atoms with Gasteiger partial charge in [-0.3, -0.25) is 0 Å². The topological polar surface area (TPSA) is 87.1 Å². The smallest absolute Gasteiger partial charge is 0.319 e. The van der Waals surface area contributed by atoms with Crippen LogP contribution in [0.4, 0.5) is 10.5 Å². The van der Waals surface area contributed by atoms with Crippen LogP contribution in [0.25, 0.3) is 11.4 Å². The van der Waals surface area contributed by atoms with Gasteiger partial charge >= 0.3 is 6.03 Å². The molecule has 0 bridgehead atoms. The highest BCUT2D eigenvalue weighted by Crippen LogP contribution is 2.18. The Hall–Kier alpha value is -2.47. The Bertz CT molecular complexity index is 671. The van der Waals surface area contributed by atoms with Crippen LogP contribution >= 0.6 is 0 Å². The van der Waals surface area contributed by atoms with E-state index in [0.717, 1.165) is 11.3 Å². The van der Waals surface area contributed by atoms with Gasteiger partial charge in [-0.25, -0.2) is 14.8 Å². The molecule has 0 saturated heterocycles. The monoisotopic (exact) mass is 328 g/mol. The number of urea groups is 1. The molecule has 24 heavy (non-hydrogen) atoms. The lowest BCUT2D eigenvalue weighted by atomic mass is 10.0. The van der Waals surface area contributed by atoms with Crippen molar-refractivity contribution in [3.8, 4) is 11.4 Å². The molecule has 1 aromatic heterocycles. The molecule has 0 aliphatic heterocycles. The number of aromatic nitrogens is 2. The van der Waals surface area contributed by atoms with Crippen LogP contribution in [-0.4, -0.2) is 33.8 Å². The summed E-state index contributed by atoms with van der Waals surface area (Å²) >= 11 is 0. The number of aliphatic hydroxyl groups is 1. The number of rotatable bonds is 6. The number of benzene rings is 1. The zero-order valence-corrected chi connectivity index (χ0v) is 14.3. The van der Waals surface area contributed by atoms with E-state index in [2.05, 4.69) is 20.6 Å². The minimum Gasteiger partial charge on any atom is -0.396 e. The highest BCUT2D eigenvalue weighted by atomic mass is 16.3. The second-order valence-corrected chi connectivity index (χ2v) is 6.06. The number of aliphatic hydroxyl groups excluding tert-OH is 1. The molecule has 2 amide bonds. The van der Waals surface area contributed by atoms with Crippen molar-refractivity contribution in [2.75, 3.05) is 11.9 Å². The molecule has 2 rings (SSSR count). The van der Waals surface area contributed by atoms with E-state index in [-0.39, 0.29) is 24.6 Å². The lowest BCUT2D eigenvalue weighted by Crippen LogP contribution is -2.41. The first-order valence-corrected chi connectivity index (χ1v) is 8.08. The Balaban J connectivity index is 1.99. The molecule has 0 aliphatic carbocycles. The molecule has 0 unspecified atom stereocenters. The molecule has 0 fully saturated rings. The van der Waals surface area contributed by atoms with Crippen LogP contribution in [0.1, 0.15) is 26.0 Å². The Labute approximate surface area is 142 Å². The molecular formula is C18H24N4O2. The largest absolute Gasteiger partial charge is 0.396 e. The van der Waals surface area contributed by atoms with Crippen LogP contribution in [0.3, 0.4) is 0 Å². The van der Waals surface area contributed by atoms with E-state index in [1.54, 1.807) is 6.20 Å². The second kappa shape index (κ2) is 8.40. The number of aryl methyl sites for hydroxylation is 1. The summed E-state index contributed by atoms with van der Waals surface area (Å²) in [5.41, 5.74) is 2.49. The number of amides is 2. The minimum atomic E-state index is -0.276. The van der Waals surface area contributed by atoms with E-state index in [9.17, 15) is 4.79 Å². The van der Waals surface area contributed by atoms with Gasteiger partial charge in [-0.05, 0) is 49.6 Å². The molecule has 6 nitrogen and oxygen atoms in total. The van der Waals surface area contributed by atoms with Gasteiger partial charge in [-0.15, -0.1) is 0 Å². The Morgan fingerprint density at radius 3 is 2.50 bits per heavy atom. The molecule has 0 radical (unpaired) electrons. The highest BCUT2D eigenvalue weighted by Gasteiger charge is 2.15. The third kappa shape index (κ3) is 5.03. The third-order valence-electron chi connectivity index (χ3n) is 3.76. The molecule has 6 heteroatoms. The molecule has 0 aliphatic rings. The number of nitrogens with one attached hydrogen (secondary N) is 2. The van der Waals surface area contributed by atoms with Gasteiger partial charge < -0.3 is 15.7 Å². The fraction of sp³-hybridized carbons (Fsp3) is 0.389. The summed E-state index contributed by atoms with van der Waals surface area (Å²) in [5, 5.41) is 14.8. The first-order valence-electron chi connectivity index (χ1n) is 8.08. The Morgan fingerprint density at radius 2 is 1.92 bits per heavy atom. The van der Waals surface area contributed by atoms with Gasteiger partial charge in [0.1, 0.15) is 0 Å². The molecule has 2 aromatic rings. The number of carbonyl (C=O) groups excluding carboxylic acids is 1. The van der Waals surface area contributed by atoms with Gasteiger partial charge in [-0.2, -0.15) is 0 Å². The van der Waals surface area contributed by atoms with Gasteiger partial charge in [0.25, 0.3) is 0 Å². The Kier molecular flexibility index (Phi) is 6.26. The summed E-state index contributed by atoms with van der Waals surface area (Å²) < 4.78 is 0. The van der Waals surface area contributed by atoms with E-state index in [4.69, 9.17) is 5.11 Å². The van der Waals surface area contributed by atoms with Crippen molar-refractivity contribution < 1.29 is 9.90 Å². The van der Waals surface area contributed by atoms with Crippen LogP contribution in [0.5, 0.6) is 0 Å². The van der Waals surface area contributed by atoms with Crippen molar-refractivity contribution in [3.63, 3.8) is 0 Å². The predicted molar refractivity (Wildman–Crippen MR) is 94.7 cm³/mol. The molecule has 0 spiro atoms. The maximum Gasteiger partial charge on any atom is 0.319 e. The highest BCUT2D eigenvalue weighted by molar-refractivity contribution is 5.89. The normalized spacial score (nSPS) is 12.0. The summed E-state index contributed by atoms with van der Waals surface area (Å²) in [7, 11) is 0. The van der Waals surface area contributed by atoms with Gasteiger partial charge in [0.05, 0.1) is 0 Å². The summed E-state index contributed by atoms with van der Waals surface area (Å²) in [4.78, 5) is 20.7. The van der Waals surface area contributed by atoms with Crippen molar-refractivity contribution in [2.24, 2.45) is 5.92 Å². The van der Waals surface area contributed by atoms with Crippen molar-refractivity contribution in [1.29, 1.82) is 0 Å². The first-order chi connectivity index (χ1) is 11.5. The molecule has 128 valence electrons. The maximum atomic E-state index is 12.1. The van der Waals surface area contributed by atoms with Crippen molar-refractivity contribution in [1.82, 2.24) is 15.3 Å². The number of carbonyl (C=O) groups is 1. The predicted octanol–water partition coefficient (Wildman–Crippen LogP) is 2.98. The summed E-state index contributed by atoms with van der Waals surface area (Å²) in [5.74, 6) is 0.914. The summed E-state index contributed by atoms with van der Waals surface area (Å²) in [6.07, 6.45) is 2.26. The van der Waals surface area contributed by atoms with Gasteiger partial charge in [0.15, 0.2) is 5.82 Å². The lowest BCUT2D eigenvalue weighted by Gasteiger charge is -2.21. The fourth-order valence-corrected chi connectivity index (χ4v) is 2.34. The molecule has 3 N–H and O–H groups in total. The van der Waals surface area contributed by atoms with E-state index < -0.39 is 0 Å². The third-order valence-corrected chi connectivity index (χ3v) is 3.76. The van der Waals surface area contributed by atoms with Crippen molar-refractivity contribution in [2.45, 2.75) is 33.2 Å². The zero-order chi connectivity index (χ0) is 17.5. The summed E-state index contributed by atoms with van der Waals surface area (Å²) in [6.45, 7) is 5.99. The molecular weight excluding hydrogens is 304 g/mol. The number of hydrogen-bond donors (Lipinski definition) is 3. The average molecular weight is 328 g/mol. The van der Waals surface area contributed by atoms with Crippen LogP contribution in [0.2, 0.25) is 0 Å². The number of nitrogens with zero attached hydrogens (tertiary/aromatic N) is 2. The van der Waals surface area contributed by atoms with Gasteiger partial charge in [0, 0.05) is 35.8 Å². The fourth-order valence-electron chi connectivity index (χ4n) is 2.34. The zero-order valence-electron chi connectivity index (χ0n) is 14.3. The lowest BCUT2D eigenvalue weighted by molar-refractivity contribution is 0.227. The van der Waals surface area contributed by atoms with Crippen LogP contribution in [0, 0.1) is 12.8 Å². The molecule has 1 aromatic carbocycles. The maximum absolute atomic E-state index is 12.1. The van der Waals surface area contributed by atoms with E-state index in [1.165, 1.54) is 0 Å². The van der Waals surface area contributed by atoms with E-state index in [0.29, 0.717) is 17.9 Å². The van der Waals surface area contributed by atoms with Crippen LogP contribution < -0.4 is 10.6 Å². The van der Waals surface area contributed by atoms with E-state index >= 15 is 0 Å². The van der Waals surface area contributed by atoms with Gasteiger partial charge in [0.2, 0.25) is 0 Å². The van der Waals surface area contributed by atoms with Crippen molar-refractivity contribution in [3.05, 3.63) is 42.2 Å². The summed E-state index contributed by atoms with van der Waals surface area (Å²) in [6, 6.07) is 8.89.